The molecule has 2 aromatic carbocycles. The Kier molecular flexibility index (Phi) is 8.04. The van der Waals surface area contributed by atoms with Gasteiger partial charge in [0.25, 0.3) is 0 Å². The number of amides is 1. The van der Waals surface area contributed by atoms with Gasteiger partial charge in [0.1, 0.15) is 17.3 Å². The van der Waals surface area contributed by atoms with E-state index in [1.54, 1.807) is 30.2 Å². The van der Waals surface area contributed by atoms with Crippen molar-refractivity contribution in [2.75, 3.05) is 30.2 Å². The Morgan fingerprint density at radius 2 is 2.00 bits per heavy atom. The molecule has 204 valence electrons. The molecule has 0 saturated heterocycles. The molecule has 1 unspecified atom stereocenters. The third-order valence-corrected chi connectivity index (χ3v) is 8.68. The molecule has 0 radical (unpaired) electrons. The molecule has 2 aliphatic rings. The van der Waals surface area contributed by atoms with Crippen LogP contribution in [-0.2, 0) is 9.59 Å². The van der Waals surface area contributed by atoms with Crippen LogP contribution in [0.5, 0.6) is 11.5 Å². The number of hydrogen-bond donors (Lipinski definition) is 2. The van der Waals surface area contributed by atoms with Gasteiger partial charge in [-0.2, -0.15) is 5.26 Å². The highest BCUT2D eigenvalue weighted by Crippen LogP contribution is 2.49. The monoisotopic (exact) mass is 574 g/mol. The highest BCUT2D eigenvalue weighted by molar-refractivity contribution is 8.01. The average Bonchev–Trinajstić information content (AvgIpc) is 3.44. The zero-order valence-electron chi connectivity index (χ0n) is 21.8. The van der Waals surface area contributed by atoms with Crippen molar-refractivity contribution in [1.29, 1.82) is 5.26 Å². The fourth-order valence-electron chi connectivity index (χ4n) is 4.87. The minimum absolute atomic E-state index is 0.0499. The fourth-order valence-corrected chi connectivity index (χ4v) is 6.55. The Balaban J connectivity index is 1.47. The van der Waals surface area contributed by atoms with Crippen molar-refractivity contribution in [2.24, 2.45) is 5.73 Å². The van der Waals surface area contributed by atoms with Crippen molar-refractivity contribution >= 4 is 45.6 Å². The maximum Gasteiger partial charge on any atom is 0.234 e. The van der Waals surface area contributed by atoms with Crippen LogP contribution in [0.15, 0.2) is 75.5 Å². The molecule has 1 aliphatic heterocycles. The van der Waals surface area contributed by atoms with E-state index in [0.29, 0.717) is 62.8 Å². The summed E-state index contributed by atoms with van der Waals surface area (Å²) in [4.78, 5) is 27.5. The van der Waals surface area contributed by atoms with E-state index < -0.39 is 5.92 Å². The van der Waals surface area contributed by atoms with Crippen LogP contribution in [0.1, 0.15) is 30.7 Å². The van der Waals surface area contributed by atoms with Crippen LogP contribution >= 0.6 is 23.1 Å². The number of nitrogens with zero attached hydrogens (tertiary/aromatic N) is 4. The molecule has 0 bridgehead atoms. The molecular weight excluding hydrogens is 548 g/mol. The third-order valence-electron chi connectivity index (χ3n) is 6.64. The molecule has 0 fully saturated rings. The molecule has 2 heterocycles. The molecule has 1 aliphatic carbocycles. The number of allylic oxidation sites excluding steroid dienone is 3. The summed E-state index contributed by atoms with van der Waals surface area (Å²) in [7, 11) is 3.09. The number of ketones is 1. The molecule has 0 spiro atoms. The summed E-state index contributed by atoms with van der Waals surface area (Å²) in [6, 6.07) is 16.7. The van der Waals surface area contributed by atoms with Gasteiger partial charge in [-0.15, -0.1) is 10.2 Å². The number of carbonyl (C=O) groups is 2. The van der Waals surface area contributed by atoms with E-state index >= 15 is 0 Å². The summed E-state index contributed by atoms with van der Waals surface area (Å²) < 4.78 is 11.5. The van der Waals surface area contributed by atoms with E-state index in [2.05, 4.69) is 21.6 Å². The van der Waals surface area contributed by atoms with Crippen molar-refractivity contribution in [3.63, 3.8) is 0 Å². The Morgan fingerprint density at radius 1 is 1.20 bits per heavy atom. The summed E-state index contributed by atoms with van der Waals surface area (Å²) in [5.74, 6) is 0.509. The van der Waals surface area contributed by atoms with Crippen molar-refractivity contribution in [1.82, 2.24) is 10.2 Å². The Bertz CT molecular complexity index is 1560. The number of para-hydroxylation sites is 1. The zero-order valence-corrected chi connectivity index (χ0v) is 23.5. The normalized spacial score (nSPS) is 16.9. The lowest BCUT2D eigenvalue weighted by atomic mass is 9.75. The van der Waals surface area contributed by atoms with Crippen LogP contribution in [0, 0.1) is 11.3 Å². The smallest absolute Gasteiger partial charge is 0.234 e. The first kappa shape index (κ1) is 27.2. The molecule has 1 aromatic heterocycles. The number of aromatic nitrogens is 2. The molecule has 12 heteroatoms. The van der Waals surface area contributed by atoms with Crippen LogP contribution in [0.3, 0.4) is 0 Å². The third kappa shape index (κ3) is 5.25. The minimum Gasteiger partial charge on any atom is -0.497 e. The first-order chi connectivity index (χ1) is 19.4. The number of ether oxygens (including phenoxy) is 2. The summed E-state index contributed by atoms with van der Waals surface area (Å²) in [5.41, 5.74) is 9.45. The number of hydrogen-bond acceptors (Lipinski definition) is 11. The summed E-state index contributed by atoms with van der Waals surface area (Å²) in [6.07, 6.45) is 1.60. The lowest BCUT2D eigenvalue weighted by Crippen LogP contribution is -2.38. The van der Waals surface area contributed by atoms with Gasteiger partial charge in [0.05, 0.1) is 37.5 Å². The molecule has 1 atom stereocenters. The highest BCUT2D eigenvalue weighted by Gasteiger charge is 2.42. The number of anilines is 2. The first-order valence-electron chi connectivity index (χ1n) is 12.4. The number of nitrogens with one attached hydrogen (secondary N) is 1. The van der Waals surface area contributed by atoms with Crippen LogP contribution in [0.25, 0.3) is 0 Å². The fraction of sp³-hybridized carbons (Fsp3) is 0.250. The van der Waals surface area contributed by atoms with Crippen LogP contribution in [-0.4, -0.2) is 41.9 Å². The Morgan fingerprint density at radius 3 is 2.73 bits per heavy atom. The minimum atomic E-state index is -0.687. The predicted molar refractivity (Wildman–Crippen MR) is 153 cm³/mol. The van der Waals surface area contributed by atoms with Gasteiger partial charge in [-0.25, -0.2) is 0 Å². The van der Waals surface area contributed by atoms with Crippen molar-refractivity contribution < 1.29 is 19.1 Å². The number of rotatable bonds is 8. The number of Topliss-reactive ketones (excluding diaryl/α,β-unsaturated/α-hetero) is 1. The number of benzene rings is 2. The van der Waals surface area contributed by atoms with Crippen LogP contribution in [0.2, 0.25) is 0 Å². The van der Waals surface area contributed by atoms with Crippen molar-refractivity contribution in [2.45, 2.75) is 29.5 Å². The van der Waals surface area contributed by atoms with E-state index in [1.807, 2.05) is 30.3 Å². The molecule has 10 nitrogen and oxygen atoms in total. The zero-order chi connectivity index (χ0) is 28.2. The van der Waals surface area contributed by atoms with E-state index in [4.69, 9.17) is 15.2 Å². The molecule has 1 amide bonds. The lowest BCUT2D eigenvalue weighted by molar-refractivity contribution is -0.116. The molecule has 5 rings (SSSR count). The predicted octanol–water partition coefficient (Wildman–Crippen LogP) is 4.59. The maximum absolute atomic E-state index is 13.4. The number of carbonyl (C=O) groups excluding carboxylic acids is 2. The summed E-state index contributed by atoms with van der Waals surface area (Å²) >= 11 is 2.50. The maximum atomic E-state index is 13.4. The van der Waals surface area contributed by atoms with Gasteiger partial charge < -0.3 is 20.5 Å². The summed E-state index contributed by atoms with van der Waals surface area (Å²) in [6.45, 7) is 0. The number of methoxy groups -OCH3 is 2. The van der Waals surface area contributed by atoms with Gasteiger partial charge in [0.15, 0.2) is 10.1 Å². The average molecular weight is 575 g/mol. The molecule has 0 saturated carbocycles. The van der Waals surface area contributed by atoms with Gasteiger partial charge in [-0.3, -0.25) is 14.5 Å². The topological polar surface area (TPSA) is 143 Å². The molecule has 3 aromatic rings. The number of thioether (sulfide) groups is 1. The van der Waals surface area contributed by atoms with E-state index in [-0.39, 0.29) is 28.8 Å². The lowest BCUT2D eigenvalue weighted by Gasteiger charge is -2.38. The van der Waals surface area contributed by atoms with Crippen molar-refractivity contribution in [3.8, 4) is 17.6 Å². The number of nitriles is 1. The van der Waals surface area contributed by atoms with Crippen molar-refractivity contribution in [3.05, 3.63) is 76.8 Å². The van der Waals surface area contributed by atoms with E-state index in [1.165, 1.54) is 30.2 Å². The van der Waals surface area contributed by atoms with Crippen LogP contribution < -0.4 is 25.4 Å². The number of nitrogens with two attached hydrogens (primary N) is 1. The standard InChI is InChI=1S/C28H26N6O4S2/c1-37-17-11-12-18(22(13-17)38-2)24-19(14-29)26(30)34(20-9-6-10-21(35)25(20)24)27-32-33-28(40-27)39-15-23(36)31-16-7-4-3-5-8-16/h3-5,7-8,11-13,24H,6,9-10,15,30H2,1-2H3,(H,31,36). The molecule has 3 N–H and O–H groups in total. The highest BCUT2D eigenvalue weighted by atomic mass is 32.2. The van der Waals surface area contributed by atoms with E-state index in [9.17, 15) is 14.9 Å². The summed E-state index contributed by atoms with van der Waals surface area (Å²) in [5, 5.41) is 22.1. The van der Waals surface area contributed by atoms with Gasteiger partial charge in [0.2, 0.25) is 11.0 Å². The Hall–Kier alpha value is -4.34. The largest absolute Gasteiger partial charge is 0.497 e. The molecule has 40 heavy (non-hydrogen) atoms. The Labute approximate surface area is 239 Å². The second-order valence-corrected chi connectivity index (χ2v) is 11.2. The van der Waals surface area contributed by atoms with Gasteiger partial charge in [-0.05, 0) is 31.0 Å². The van der Waals surface area contributed by atoms with Gasteiger partial charge in [0, 0.05) is 35.0 Å². The first-order valence-corrected chi connectivity index (χ1v) is 14.2. The van der Waals surface area contributed by atoms with E-state index in [0.717, 1.165) is 0 Å². The SMILES string of the molecule is COc1ccc(C2C(C#N)=C(N)N(c3nnc(SCC(=O)Nc4ccccc4)s3)C3=C2C(=O)CCC3)c(OC)c1. The second kappa shape index (κ2) is 11.8. The van der Waals surface area contributed by atoms with Gasteiger partial charge >= 0.3 is 0 Å². The molecular formula is C28H26N6O4S2. The second-order valence-electron chi connectivity index (χ2n) is 8.98. The van der Waals surface area contributed by atoms with Crippen LogP contribution in [0.4, 0.5) is 10.8 Å². The van der Waals surface area contributed by atoms with Gasteiger partial charge in [-0.1, -0.05) is 47.4 Å². The quantitative estimate of drug-likeness (QED) is 0.367.